The number of thiazole rings is 1. The molecule has 1 fully saturated rings. The van der Waals surface area contributed by atoms with Gasteiger partial charge in [-0.25, -0.2) is 4.98 Å². The molecule has 2 aromatic rings. The molecule has 2 heterocycles. The van der Waals surface area contributed by atoms with E-state index in [-0.39, 0.29) is 0 Å². The molecule has 1 saturated heterocycles. The molecule has 31 heavy (non-hydrogen) atoms. The average molecular weight is 448 g/mol. The summed E-state index contributed by atoms with van der Waals surface area (Å²) in [5.74, 6) is 2.97. The molecule has 0 bridgehead atoms. The van der Waals surface area contributed by atoms with Crippen LogP contribution in [0.25, 0.3) is 0 Å². The van der Waals surface area contributed by atoms with Crippen molar-refractivity contribution >= 4 is 17.3 Å². The Bertz CT molecular complexity index is 853. The van der Waals surface area contributed by atoms with E-state index in [0.29, 0.717) is 17.2 Å². The van der Waals surface area contributed by atoms with E-state index in [2.05, 4.69) is 32.0 Å². The lowest BCUT2D eigenvalue weighted by Gasteiger charge is -2.36. The van der Waals surface area contributed by atoms with Gasteiger partial charge in [0, 0.05) is 63.8 Å². The Labute approximate surface area is 188 Å². The number of benzene rings is 1. The summed E-state index contributed by atoms with van der Waals surface area (Å²) in [7, 11) is 6.76. The summed E-state index contributed by atoms with van der Waals surface area (Å²) in [5.41, 5.74) is 1.14. The Morgan fingerprint density at radius 2 is 1.77 bits per heavy atom. The molecule has 0 spiro atoms. The second-order valence-electron chi connectivity index (χ2n) is 7.39. The van der Waals surface area contributed by atoms with Gasteiger partial charge in [-0.15, -0.1) is 11.3 Å². The second-order valence-corrected chi connectivity index (χ2v) is 8.70. The van der Waals surface area contributed by atoms with E-state index in [1.165, 1.54) is 4.88 Å². The zero-order valence-electron chi connectivity index (χ0n) is 19.1. The molecule has 0 saturated carbocycles. The topological polar surface area (TPSA) is 71.5 Å². The minimum absolute atomic E-state index is 0.626. The largest absolute Gasteiger partial charge is 0.493 e. The van der Waals surface area contributed by atoms with Crippen molar-refractivity contribution in [2.45, 2.75) is 19.9 Å². The molecule has 1 N–H and O–H groups in total. The van der Waals surface area contributed by atoms with Crippen LogP contribution in [-0.2, 0) is 13.0 Å². The van der Waals surface area contributed by atoms with Gasteiger partial charge in [0.1, 0.15) is 0 Å². The first-order valence-corrected chi connectivity index (χ1v) is 11.3. The van der Waals surface area contributed by atoms with Gasteiger partial charge in [-0.3, -0.25) is 9.89 Å². The summed E-state index contributed by atoms with van der Waals surface area (Å²) >= 11 is 1.75. The predicted molar refractivity (Wildman–Crippen MR) is 125 cm³/mol. The van der Waals surface area contributed by atoms with E-state index in [0.717, 1.165) is 62.2 Å². The number of aryl methyl sites for hydroxylation is 1. The monoisotopic (exact) mass is 447 g/mol. The number of piperazine rings is 1. The molecule has 3 rings (SSSR count). The summed E-state index contributed by atoms with van der Waals surface area (Å²) in [6, 6.07) is 4.04. The van der Waals surface area contributed by atoms with Crippen LogP contribution in [0.5, 0.6) is 17.2 Å². The quantitative estimate of drug-likeness (QED) is 0.492. The maximum absolute atomic E-state index is 5.48. The van der Waals surface area contributed by atoms with E-state index in [1.807, 2.05) is 25.4 Å². The van der Waals surface area contributed by atoms with E-state index in [9.17, 15) is 0 Å². The SMILES string of the molecule is CN=C(NCCc1ncc(C)s1)N1CCN(Cc2cc(OC)c(OC)c(OC)c2)CC1. The van der Waals surface area contributed by atoms with E-state index in [4.69, 9.17) is 14.2 Å². The zero-order valence-corrected chi connectivity index (χ0v) is 19.9. The van der Waals surface area contributed by atoms with Crippen LogP contribution in [0.2, 0.25) is 0 Å². The summed E-state index contributed by atoms with van der Waals surface area (Å²) in [6.45, 7) is 7.54. The molecule has 9 heteroatoms. The van der Waals surface area contributed by atoms with Crippen LogP contribution >= 0.6 is 11.3 Å². The number of rotatable bonds is 8. The summed E-state index contributed by atoms with van der Waals surface area (Å²) in [5, 5.41) is 4.64. The van der Waals surface area contributed by atoms with E-state index in [1.54, 1.807) is 32.7 Å². The van der Waals surface area contributed by atoms with Gasteiger partial charge >= 0.3 is 0 Å². The smallest absolute Gasteiger partial charge is 0.203 e. The lowest BCUT2D eigenvalue weighted by Crippen LogP contribution is -2.52. The molecule has 1 aliphatic heterocycles. The third kappa shape index (κ3) is 6.01. The average Bonchev–Trinajstić information content (AvgIpc) is 3.21. The Morgan fingerprint density at radius 1 is 1.10 bits per heavy atom. The van der Waals surface area contributed by atoms with Crippen LogP contribution in [0.1, 0.15) is 15.4 Å². The Morgan fingerprint density at radius 3 is 2.29 bits per heavy atom. The number of nitrogens with one attached hydrogen (secondary N) is 1. The highest BCUT2D eigenvalue weighted by Crippen LogP contribution is 2.38. The first-order valence-electron chi connectivity index (χ1n) is 10.5. The lowest BCUT2D eigenvalue weighted by atomic mass is 10.1. The van der Waals surface area contributed by atoms with Gasteiger partial charge in [0.05, 0.1) is 26.3 Å². The zero-order chi connectivity index (χ0) is 22.2. The minimum Gasteiger partial charge on any atom is -0.493 e. The Hall–Kier alpha value is -2.52. The van der Waals surface area contributed by atoms with Gasteiger partial charge in [0.15, 0.2) is 17.5 Å². The molecular weight excluding hydrogens is 414 g/mol. The molecule has 0 aliphatic carbocycles. The van der Waals surface area contributed by atoms with Gasteiger partial charge in [0.2, 0.25) is 5.75 Å². The van der Waals surface area contributed by atoms with Gasteiger partial charge in [-0.2, -0.15) is 0 Å². The van der Waals surface area contributed by atoms with Crippen molar-refractivity contribution in [1.29, 1.82) is 0 Å². The van der Waals surface area contributed by atoms with Gasteiger partial charge in [-0.1, -0.05) is 0 Å². The summed E-state index contributed by atoms with van der Waals surface area (Å²) in [4.78, 5) is 14.9. The molecule has 8 nitrogen and oxygen atoms in total. The first-order chi connectivity index (χ1) is 15.1. The molecule has 0 unspecified atom stereocenters. The first kappa shape index (κ1) is 23.1. The maximum atomic E-state index is 5.48. The van der Waals surface area contributed by atoms with Crippen molar-refractivity contribution in [2.24, 2.45) is 4.99 Å². The number of aromatic nitrogens is 1. The number of hydrogen-bond donors (Lipinski definition) is 1. The van der Waals surface area contributed by atoms with Crippen LogP contribution in [-0.4, -0.2) is 81.8 Å². The molecule has 170 valence electrons. The normalized spacial score (nSPS) is 15.1. The fourth-order valence-electron chi connectivity index (χ4n) is 3.73. The predicted octanol–water partition coefficient (Wildman–Crippen LogP) is 2.41. The number of methoxy groups -OCH3 is 3. The number of guanidine groups is 1. The molecule has 0 radical (unpaired) electrons. The van der Waals surface area contributed by atoms with Crippen molar-refractivity contribution in [3.8, 4) is 17.2 Å². The van der Waals surface area contributed by atoms with Crippen molar-refractivity contribution in [1.82, 2.24) is 20.1 Å². The van der Waals surface area contributed by atoms with Crippen molar-refractivity contribution in [3.05, 3.63) is 33.8 Å². The van der Waals surface area contributed by atoms with Gasteiger partial charge in [0.25, 0.3) is 0 Å². The Balaban J connectivity index is 1.51. The number of hydrogen-bond acceptors (Lipinski definition) is 7. The highest BCUT2D eigenvalue weighted by molar-refractivity contribution is 7.11. The van der Waals surface area contributed by atoms with Crippen LogP contribution in [0.4, 0.5) is 0 Å². The van der Waals surface area contributed by atoms with Crippen LogP contribution in [0.15, 0.2) is 23.3 Å². The molecular formula is C22H33N5O3S. The van der Waals surface area contributed by atoms with Crippen LogP contribution < -0.4 is 19.5 Å². The van der Waals surface area contributed by atoms with Crippen molar-refractivity contribution in [2.75, 3.05) is 61.1 Å². The van der Waals surface area contributed by atoms with Gasteiger partial charge in [-0.05, 0) is 24.6 Å². The van der Waals surface area contributed by atoms with E-state index >= 15 is 0 Å². The van der Waals surface area contributed by atoms with Gasteiger partial charge < -0.3 is 24.4 Å². The highest BCUT2D eigenvalue weighted by atomic mass is 32.1. The molecule has 1 aromatic carbocycles. The molecule has 1 aromatic heterocycles. The standard InChI is InChI=1S/C22H33N5O3S/c1-16-14-25-20(31-16)6-7-24-22(23-2)27-10-8-26(9-11-27)15-17-12-18(28-3)21(30-5)19(13-17)29-4/h12-14H,6-11,15H2,1-5H3,(H,23,24). The minimum atomic E-state index is 0.626. The van der Waals surface area contributed by atoms with Crippen molar-refractivity contribution in [3.63, 3.8) is 0 Å². The number of nitrogens with zero attached hydrogens (tertiary/aromatic N) is 4. The number of ether oxygens (including phenoxy) is 3. The summed E-state index contributed by atoms with van der Waals surface area (Å²) in [6.07, 6.45) is 2.85. The lowest BCUT2D eigenvalue weighted by molar-refractivity contribution is 0.172. The number of aliphatic imine (C=N–C) groups is 1. The fourth-order valence-corrected chi connectivity index (χ4v) is 4.52. The molecule has 1 aliphatic rings. The summed E-state index contributed by atoms with van der Waals surface area (Å²) < 4.78 is 16.4. The van der Waals surface area contributed by atoms with E-state index < -0.39 is 0 Å². The Kier molecular flexibility index (Phi) is 8.36. The molecule has 0 atom stereocenters. The third-order valence-corrected chi connectivity index (χ3v) is 6.28. The second kappa shape index (κ2) is 11.2. The van der Waals surface area contributed by atoms with Crippen LogP contribution in [0.3, 0.4) is 0 Å². The highest BCUT2D eigenvalue weighted by Gasteiger charge is 2.21. The molecule has 0 amide bonds. The van der Waals surface area contributed by atoms with Crippen molar-refractivity contribution < 1.29 is 14.2 Å². The fraction of sp³-hybridized carbons (Fsp3) is 0.545. The third-order valence-electron chi connectivity index (χ3n) is 5.31. The van der Waals surface area contributed by atoms with Crippen LogP contribution in [0, 0.1) is 6.92 Å². The maximum Gasteiger partial charge on any atom is 0.203 e.